The molecule has 1 aromatic carbocycles. The summed E-state index contributed by atoms with van der Waals surface area (Å²) in [5.41, 5.74) is 8.99. The fraction of sp³-hybridized carbons (Fsp3) is 0.438. The number of benzene rings is 1. The first-order valence-electron chi connectivity index (χ1n) is 7.41. The molecule has 0 aliphatic carbocycles. The standard InChI is InChI=1S/C16H23N5/c1-20-8-9-21(2)12(11-20)10-19-15-6-5-14-13(16(15)17)4-3-7-18-14/h3-7,12,19H,8-11,17H2,1-2H3. The summed E-state index contributed by atoms with van der Waals surface area (Å²) in [6.45, 7) is 4.23. The van der Waals surface area contributed by atoms with Gasteiger partial charge < -0.3 is 16.0 Å². The molecule has 21 heavy (non-hydrogen) atoms. The zero-order chi connectivity index (χ0) is 14.8. The van der Waals surface area contributed by atoms with E-state index in [1.54, 1.807) is 6.20 Å². The summed E-state index contributed by atoms with van der Waals surface area (Å²) in [7, 11) is 4.36. The van der Waals surface area contributed by atoms with E-state index in [-0.39, 0.29) is 0 Å². The summed E-state index contributed by atoms with van der Waals surface area (Å²) in [5, 5.41) is 4.52. The fourth-order valence-electron chi connectivity index (χ4n) is 2.88. The maximum absolute atomic E-state index is 6.27. The van der Waals surface area contributed by atoms with E-state index >= 15 is 0 Å². The number of nitrogen functional groups attached to an aromatic ring is 1. The van der Waals surface area contributed by atoms with Crippen LogP contribution in [0, 0.1) is 0 Å². The Hall–Kier alpha value is -1.85. The van der Waals surface area contributed by atoms with Gasteiger partial charge in [0.15, 0.2) is 0 Å². The monoisotopic (exact) mass is 285 g/mol. The molecule has 2 aromatic rings. The second kappa shape index (κ2) is 5.87. The molecule has 112 valence electrons. The highest BCUT2D eigenvalue weighted by Gasteiger charge is 2.21. The molecule has 5 heteroatoms. The van der Waals surface area contributed by atoms with Crippen LogP contribution in [0.1, 0.15) is 0 Å². The van der Waals surface area contributed by atoms with Gasteiger partial charge in [0.05, 0.1) is 16.9 Å². The van der Waals surface area contributed by atoms with Crippen molar-refractivity contribution in [2.45, 2.75) is 6.04 Å². The van der Waals surface area contributed by atoms with Gasteiger partial charge in [-0.2, -0.15) is 0 Å². The average molecular weight is 285 g/mol. The van der Waals surface area contributed by atoms with Crippen molar-refractivity contribution in [2.24, 2.45) is 0 Å². The molecule has 0 saturated carbocycles. The van der Waals surface area contributed by atoms with Crippen LogP contribution in [-0.2, 0) is 0 Å². The Morgan fingerprint density at radius 2 is 2.14 bits per heavy atom. The number of piperazine rings is 1. The molecular weight excluding hydrogens is 262 g/mol. The second-order valence-corrected chi connectivity index (χ2v) is 5.87. The van der Waals surface area contributed by atoms with Gasteiger partial charge in [-0.1, -0.05) is 0 Å². The molecule has 0 spiro atoms. The van der Waals surface area contributed by atoms with Crippen molar-refractivity contribution in [1.82, 2.24) is 14.8 Å². The van der Waals surface area contributed by atoms with Crippen LogP contribution in [0.5, 0.6) is 0 Å². The van der Waals surface area contributed by atoms with Crippen LogP contribution in [0.25, 0.3) is 10.9 Å². The third-order valence-corrected chi connectivity index (χ3v) is 4.34. The summed E-state index contributed by atoms with van der Waals surface area (Å²) in [6, 6.07) is 8.49. The van der Waals surface area contributed by atoms with Gasteiger partial charge in [0.25, 0.3) is 0 Å². The van der Waals surface area contributed by atoms with Crippen LogP contribution >= 0.6 is 0 Å². The van der Waals surface area contributed by atoms with E-state index in [0.29, 0.717) is 6.04 Å². The molecule has 1 fully saturated rings. The molecule has 3 rings (SSSR count). The SMILES string of the molecule is CN1CCN(C)C(CNc2ccc3ncccc3c2N)C1. The number of hydrogen-bond donors (Lipinski definition) is 2. The molecule has 0 radical (unpaired) electrons. The van der Waals surface area contributed by atoms with Crippen molar-refractivity contribution >= 4 is 22.3 Å². The van der Waals surface area contributed by atoms with Gasteiger partial charge in [-0.3, -0.25) is 9.88 Å². The lowest BCUT2D eigenvalue weighted by atomic mass is 10.1. The molecule has 1 saturated heterocycles. The zero-order valence-electron chi connectivity index (χ0n) is 12.7. The van der Waals surface area contributed by atoms with E-state index < -0.39 is 0 Å². The number of nitrogens with one attached hydrogen (secondary N) is 1. The molecule has 0 bridgehead atoms. The Morgan fingerprint density at radius 3 is 3.00 bits per heavy atom. The number of nitrogens with zero attached hydrogens (tertiary/aromatic N) is 3. The Labute approximate surface area is 125 Å². The largest absolute Gasteiger partial charge is 0.397 e. The normalized spacial score (nSPS) is 20.8. The first-order valence-corrected chi connectivity index (χ1v) is 7.41. The van der Waals surface area contributed by atoms with Crippen LogP contribution < -0.4 is 11.1 Å². The Kier molecular flexibility index (Phi) is 3.94. The van der Waals surface area contributed by atoms with Gasteiger partial charge >= 0.3 is 0 Å². The maximum Gasteiger partial charge on any atom is 0.0724 e. The van der Waals surface area contributed by atoms with Crippen molar-refractivity contribution in [2.75, 3.05) is 51.3 Å². The first-order chi connectivity index (χ1) is 10.1. The van der Waals surface area contributed by atoms with E-state index in [4.69, 9.17) is 5.73 Å². The van der Waals surface area contributed by atoms with Crippen LogP contribution in [0.4, 0.5) is 11.4 Å². The molecule has 1 aromatic heterocycles. The van der Waals surface area contributed by atoms with Crippen molar-refractivity contribution in [3.8, 4) is 0 Å². The molecule has 5 nitrogen and oxygen atoms in total. The average Bonchev–Trinajstić information content (AvgIpc) is 2.50. The third-order valence-electron chi connectivity index (χ3n) is 4.34. The number of anilines is 2. The van der Waals surface area contributed by atoms with E-state index in [1.807, 2.05) is 24.3 Å². The first kappa shape index (κ1) is 14.1. The van der Waals surface area contributed by atoms with Crippen LogP contribution in [-0.4, -0.2) is 61.1 Å². The summed E-state index contributed by atoms with van der Waals surface area (Å²) in [6.07, 6.45) is 1.79. The molecule has 1 aliphatic rings. The highest BCUT2D eigenvalue weighted by atomic mass is 15.3. The van der Waals surface area contributed by atoms with Gasteiger partial charge in [0.2, 0.25) is 0 Å². The van der Waals surface area contributed by atoms with Crippen molar-refractivity contribution in [3.05, 3.63) is 30.5 Å². The number of fused-ring (bicyclic) bond motifs is 1. The van der Waals surface area contributed by atoms with Crippen LogP contribution in [0.15, 0.2) is 30.5 Å². The lowest BCUT2D eigenvalue weighted by Gasteiger charge is -2.38. The molecule has 2 heterocycles. The quantitative estimate of drug-likeness (QED) is 0.837. The maximum atomic E-state index is 6.27. The van der Waals surface area contributed by atoms with Gasteiger partial charge in [-0.15, -0.1) is 0 Å². The molecular formula is C16H23N5. The zero-order valence-corrected chi connectivity index (χ0v) is 12.7. The van der Waals surface area contributed by atoms with Gasteiger partial charge in [0, 0.05) is 43.8 Å². The summed E-state index contributed by atoms with van der Waals surface area (Å²) in [5.74, 6) is 0. The van der Waals surface area contributed by atoms with Crippen LogP contribution in [0.3, 0.4) is 0 Å². The summed E-state index contributed by atoms with van der Waals surface area (Å²) < 4.78 is 0. The van der Waals surface area contributed by atoms with Gasteiger partial charge in [-0.05, 0) is 38.4 Å². The van der Waals surface area contributed by atoms with E-state index in [2.05, 4.69) is 34.2 Å². The highest BCUT2D eigenvalue weighted by Crippen LogP contribution is 2.27. The van der Waals surface area contributed by atoms with E-state index in [0.717, 1.165) is 48.5 Å². The summed E-state index contributed by atoms with van der Waals surface area (Å²) in [4.78, 5) is 9.12. The van der Waals surface area contributed by atoms with Crippen molar-refractivity contribution in [1.29, 1.82) is 0 Å². The molecule has 0 amide bonds. The van der Waals surface area contributed by atoms with Crippen LogP contribution in [0.2, 0.25) is 0 Å². The Morgan fingerprint density at radius 1 is 1.29 bits per heavy atom. The second-order valence-electron chi connectivity index (χ2n) is 5.87. The minimum Gasteiger partial charge on any atom is -0.397 e. The molecule has 1 unspecified atom stereocenters. The number of nitrogens with two attached hydrogens (primary N) is 1. The predicted octanol–water partition coefficient (Wildman–Crippen LogP) is 1.47. The number of rotatable bonds is 3. The lowest BCUT2D eigenvalue weighted by molar-refractivity contribution is 0.122. The van der Waals surface area contributed by atoms with Crippen molar-refractivity contribution in [3.63, 3.8) is 0 Å². The lowest BCUT2D eigenvalue weighted by Crippen LogP contribution is -2.52. The Bertz CT molecular complexity index is 627. The summed E-state index contributed by atoms with van der Waals surface area (Å²) >= 11 is 0. The minimum atomic E-state index is 0.507. The fourth-order valence-corrected chi connectivity index (χ4v) is 2.88. The highest BCUT2D eigenvalue weighted by molar-refractivity contribution is 5.96. The number of aromatic nitrogens is 1. The van der Waals surface area contributed by atoms with E-state index in [1.165, 1.54) is 0 Å². The predicted molar refractivity (Wildman–Crippen MR) is 88.6 cm³/mol. The smallest absolute Gasteiger partial charge is 0.0724 e. The van der Waals surface area contributed by atoms with Gasteiger partial charge in [-0.25, -0.2) is 0 Å². The Balaban J connectivity index is 1.74. The molecule has 1 aliphatic heterocycles. The minimum absolute atomic E-state index is 0.507. The topological polar surface area (TPSA) is 57.4 Å². The van der Waals surface area contributed by atoms with Gasteiger partial charge in [0.1, 0.15) is 0 Å². The number of likely N-dealkylation sites (N-methyl/N-ethyl adjacent to an activating group) is 2. The number of pyridine rings is 1. The molecule has 3 N–H and O–H groups in total. The van der Waals surface area contributed by atoms with Crippen molar-refractivity contribution < 1.29 is 0 Å². The molecule has 1 atom stereocenters. The number of hydrogen-bond acceptors (Lipinski definition) is 5. The van der Waals surface area contributed by atoms with E-state index in [9.17, 15) is 0 Å². The third kappa shape index (κ3) is 2.94.